The summed E-state index contributed by atoms with van der Waals surface area (Å²) in [4.78, 5) is 48.0. The van der Waals surface area contributed by atoms with Crippen LogP contribution in [0.5, 0.6) is 0 Å². The molecular weight excluding hydrogens is 458 g/mol. The van der Waals surface area contributed by atoms with E-state index in [2.05, 4.69) is 16.4 Å². The van der Waals surface area contributed by atoms with Crippen molar-refractivity contribution < 1.29 is 19.1 Å². The van der Waals surface area contributed by atoms with Crippen molar-refractivity contribution in [3.8, 4) is 6.07 Å². The number of pyridine rings is 1. The normalized spacial score (nSPS) is 30.9. The van der Waals surface area contributed by atoms with E-state index < -0.39 is 29.3 Å². The summed E-state index contributed by atoms with van der Waals surface area (Å²) < 4.78 is 5.38. The first-order valence-corrected chi connectivity index (χ1v) is 13.1. The molecule has 4 aliphatic rings. The number of likely N-dealkylation sites (tertiary alicyclic amines) is 1. The number of carbonyl (C=O) groups excluding carboxylic acids is 3. The van der Waals surface area contributed by atoms with Crippen LogP contribution in [0.15, 0.2) is 24.5 Å². The highest BCUT2D eigenvalue weighted by molar-refractivity contribution is 5.93. The maximum atomic E-state index is 14.1. The monoisotopic (exact) mass is 493 g/mol. The summed E-state index contributed by atoms with van der Waals surface area (Å²) in [7, 11) is 0. The lowest BCUT2D eigenvalue weighted by molar-refractivity contribution is -0.147. The van der Waals surface area contributed by atoms with Crippen LogP contribution in [0.4, 0.5) is 4.79 Å². The van der Waals surface area contributed by atoms with Gasteiger partial charge in [0.1, 0.15) is 17.7 Å². The average molecular weight is 494 g/mol. The van der Waals surface area contributed by atoms with Crippen molar-refractivity contribution in [1.29, 1.82) is 5.26 Å². The molecule has 1 aromatic rings. The van der Waals surface area contributed by atoms with Crippen LogP contribution in [0.2, 0.25) is 0 Å². The van der Waals surface area contributed by atoms with Gasteiger partial charge in [-0.1, -0.05) is 6.07 Å². The van der Waals surface area contributed by atoms with Crippen molar-refractivity contribution in [2.75, 3.05) is 6.54 Å². The number of nitriles is 1. The lowest BCUT2D eigenvalue weighted by Gasteiger charge is -2.35. The largest absolute Gasteiger partial charge is 0.444 e. The topological polar surface area (TPSA) is 116 Å². The van der Waals surface area contributed by atoms with Gasteiger partial charge in [0.05, 0.1) is 17.5 Å². The number of alkyl carbamates (subject to hydrolysis) is 1. The fourth-order valence-corrected chi connectivity index (χ4v) is 6.51. The van der Waals surface area contributed by atoms with Gasteiger partial charge in [-0.05, 0) is 77.3 Å². The Kier molecular flexibility index (Phi) is 6.17. The van der Waals surface area contributed by atoms with Gasteiger partial charge in [-0.15, -0.1) is 0 Å². The second kappa shape index (κ2) is 9.06. The van der Waals surface area contributed by atoms with Gasteiger partial charge in [0.15, 0.2) is 0 Å². The van der Waals surface area contributed by atoms with Crippen molar-refractivity contribution in [3.63, 3.8) is 0 Å². The van der Waals surface area contributed by atoms with E-state index in [1.165, 1.54) is 0 Å². The van der Waals surface area contributed by atoms with E-state index in [0.717, 1.165) is 37.7 Å². The highest BCUT2D eigenvalue weighted by Gasteiger charge is 2.64. The maximum absolute atomic E-state index is 14.1. The SMILES string of the molecule is CC(C)(C)OC(=O)N[C@H]1CCC[C@H]2CC[C@@H](C(=O)N3C[C@H](c4cccnc4)[C@@H](C#N)C34CC4)N2C1=O. The Bertz CT molecular complexity index is 1070. The van der Waals surface area contributed by atoms with Gasteiger partial charge in [0, 0.05) is 30.9 Å². The van der Waals surface area contributed by atoms with E-state index >= 15 is 0 Å². The van der Waals surface area contributed by atoms with Gasteiger partial charge < -0.3 is 19.9 Å². The molecule has 3 aliphatic heterocycles. The number of amides is 3. The molecule has 192 valence electrons. The van der Waals surface area contributed by atoms with Crippen molar-refractivity contribution in [2.45, 2.75) is 101 Å². The molecule has 0 unspecified atom stereocenters. The number of hydrogen-bond acceptors (Lipinski definition) is 6. The van der Waals surface area contributed by atoms with Crippen LogP contribution in [0.3, 0.4) is 0 Å². The zero-order valence-electron chi connectivity index (χ0n) is 21.3. The Balaban J connectivity index is 1.36. The molecule has 3 amide bonds. The number of carbonyl (C=O) groups is 3. The Morgan fingerprint density at radius 2 is 2.00 bits per heavy atom. The Morgan fingerprint density at radius 1 is 1.22 bits per heavy atom. The predicted molar refractivity (Wildman–Crippen MR) is 130 cm³/mol. The molecule has 9 heteroatoms. The van der Waals surface area contributed by atoms with Crippen LogP contribution in [0, 0.1) is 17.2 Å². The highest BCUT2D eigenvalue weighted by Crippen LogP contribution is 2.58. The third kappa shape index (κ3) is 4.31. The van der Waals surface area contributed by atoms with Crippen molar-refractivity contribution in [3.05, 3.63) is 30.1 Å². The molecule has 3 saturated heterocycles. The van der Waals surface area contributed by atoms with E-state index in [-0.39, 0.29) is 29.7 Å². The molecule has 36 heavy (non-hydrogen) atoms. The van der Waals surface area contributed by atoms with E-state index in [4.69, 9.17) is 4.74 Å². The number of fused-ring (bicyclic) bond motifs is 1. The zero-order valence-corrected chi connectivity index (χ0v) is 21.3. The average Bonchev–Trinajstić information content (AvgIpc) is 3.42. The fraction of sp³-hybridized carbons (Fsp3) is 0.667. The first-order valence-electron chi connectivity index (χ1n) is 13.1. The van der Waals surface area contributed by atoms with Crippen LogP contribution in [0.1, 0.15) is 77.2 Å². The van der Waals surface area contributed by atoms with Gasteiger partial charge in [0.2, 0.25) is 11.8 Å². The number of rotatable bonds is 3. The first-order chi connectivity index (χ1) is 17.1. The number of nitrogens with zero attached hydrogens (tertiary/aromatic N) is 4. The minimum absolute atomic E-state index is 0.00414. The standard InChI is InChI=1S/C27H35N5O4/c1-26(2,3)36-25(35)30-21-8-4-7-18-9-10-22(32(18)23(21)33)24(34)31-16-19(17-6-5-13-29-15-17)20(14-28)27(31)11-12-27/h5-6,13,15,18-22H,4,7-12,16H2,1-3H3,(H,30,35)/t18-,19+,20+,21-,22-/m0/s1. The van der Waals surface area contributed by atoms with Gasteiger partial charge in [-0.25, -0.2) is 4.79 Å². The highest BCUT2D eigenvalue weighted by atomic mass is 16.6. The smallest absolute Gasteiger partial charge is 0.408 e. The quantitative estimate of drug-likeness (QED) is 0.692. The van der Waals surface area contributed by atoms with E-state index in [1.807, 2.05) is 17.0 Å². The van der Waals surface area contributed by atoms with Crippen molar-refractivity contribution >= 4 is 17.9 Å². The lowest BCUT2D eigenvalue weighted by atomic mass is 9.85. The molecule has 1 saturated carbocycles. The molecular formula is C27H35N5O4. The Morgan fingerprint density at radius 3 is 2.64 bits per heavy atom. The molecule has 1 N–H and O–H groups in total. The summed E-state index contributed by atoms with van der Waals surface area (Å²) in [6.07, 6.45) is 8.01. The van der Waals surface area contributed by atoms with Crippen LogP contribution >= 0.6 is 0 Å². The summed E-state index contributed by atoms with van der Waals surface area (Å²) in [5.41, 5.74) is -0.140. The van der Waals surface area contributed by atoms with Gasteiger partial charge in [-0.2, -0.15) is 5.26 Å². The molecule has 4 fully saturated rings. The van der Waals surface area contributed by atoms with Gasteiger partial charge >= 0.3 is 6.09 Å². The van der Waals surface area contributed by atoms with E-state index in [0.29, 0.717) is 19.4 Å². The van der Waals surface area contributed by atoms with E-state index in [1.54, 1.807) is 38.1 Å². The minimum atomic E-state index is -0.707. The molecule has 4 heterocycles. The number of hydrogen-bond donors (Lipinski definition) is 1. The molecule has 0 aromatic carbocycles. The predicted octanol–water partition coefficient (Wildman–Crippen LogP) is 3.12. The third-order valence-corrected chi connectivity index (χ3v) is 8.24. The van der Waals surface area contributed by atoms with Crippen molar-refractivity contribution in [1.82, 2.24) is 20.1 Å². The molecule has 9 nitrogen and oxygen atoms in total. The molecule has 1 aliphatic carbocycles. The van der Waals surface area contributed by atoms with Gasteiger partial charge in [-0.3, -0.25) is 14.6 Å². The summed E-state index contributed by atoms with van der Waals surface area (Å²) >= 11 is 0. The first kappa shape index (κ1) is 24.5. The van der Waals surface area contributed by atoms with Crippen LogP contribution < -0.4 is 5.32 Å². The molecule has 0 radical (unpaired) electrons. The molecule has 1 spiro atoms. The summed E-state index contributed by atoms with van der Waals surface area (Å²) in [5, 5.41) is 12.8. The van der Waals surface area contributed by atoms with Gasteiger partial charge in [0.25, 0.3) is 0 Å². The summed E-state index contributed by atoms with van der Waals surface area (Å²) in [5.74, 6) is -0.644. The second-order valence-corrected chi connectivity index (χ2v) is 11.7. The summed E-state index contributed by atoms with van der Waals surface area (Å²) in [6.45, 7) is 5.81. The number of aromatic nitrogens is 1. The van der Waals surface area contributed by atoms with E-state index in [9.17, 15) is 19.6 Å². The van der Waals surface area contributed by atoms with Crippen LogP contribution in [-0.4, -0.2) is 68.5 Å². The Labute approximate surface area is 212 Å². The second-order valence-electron chi connectivity index (χ2n) is 11.7. The number of ether oxygens (including phenoxy) is 1. The third-order valence-electron chi connectivity index (χ3n) is 8.24. The van der Waals surface area contributed by atoms with Crippen LogP contribution in [0.25, 0.3) is 0 Å². The zero-order chi connectivity index (χ0) is 25.7. The molecule has 5 atom stereocenters. The molecule has 0 bridgehead atoms. The van der Waals surface area contributed by atoms with Crippen LogP contribution in [-0.2, 0) is 14.3 Å². The maximum Gasteiger partial charge on any atom is 0.408 e. The number of nitrogens with one attached hydrogen (secondary N) is 1. The molecule has 1 aromatic heterocycles. The minimum Gasteiger partial charge on any atom is -0.444 e. The Hall–Kier alpha value is -3.15. The molecule has 5 rings (SSSR count). The summed E-state index contributed by atoms with van der Waals surface area (Å²) in [6, 6.07) is 5.07. The van der Waals surface area contributed by atoms with Crippen molar-refractivity contribution in [2.24, 2.45) is 5.92 Å². The lowest BCUT2D eigenvalue weighted by Crippen LogP contribution is -2.56. The fourth-order valence-electron chi connectivity index (χ4n) is 6.51.